The van der Waals surface area contributed by atoms with Crippen molar-refractivity contribution in [1.82, 2.24) is 15.6 Å². The van der Waals surface area contributed by atoms with Crippen LogP contribution in [0, 0.1) is 12.8 Å². The van der Waals surface area contributed by atoms with E-state index in [-0.39, 0.29) is 11.9 Å². The Morgan fingerprint density at radius 1 is 1.55 bits per heavy atom. The average Bonchev–Trinajstić information content (AvgIpc) is 2.69. The molecule has 2 N–H and O–H groups in total. The van der Waals surface area contributed by atoms with Crippen molar-refractivity contribution in [2.24, 2.45) is 5.92 Å². The van der Waals surface area contributed by atoms with Crippen molar-refractivity contribution >= 4 is 17.2 Å². The molecule has 1 saturated heterocycles. The fourth-order valence-electron chi connectivity index (χ4n) is 2.69. The summed E-state index contributed by atoms with van der Waals surface area (Å²) in [5.74, 6) is 0.576. The van der Waals surface area contributed by atoms with Gasteiger partial charge in [0.2, 0.25) is 0 Å². The van der Waals surface area contributed by atoms with E-state index in [2.05, 4.69) is 36.4 Å². The summed E-state index contributed by atoms with van der Waals surface area (Å²) in [6.45, 7) is 9.43. The zero-order chi connectivity index (χ0) is 14.7. The van der Waals surface area contributed by atoms with Gasteiger partial charge in [0, 0.05) is 12.1 Å². The summed E-state index contributed by atoms with van der Waals surface area (Å²) in [5.41, 5.74) is 0.960. The highest BCUT2D eigenvalue weighted by molar-refractivity contribution is 7.13. The van der Waals surface area contributed by atoms with Crippen molar-refractivity contribution in [3.05, 3.63) is 15.6 Å². The van der Waals surface area contributed by atoms with Gasteiger partial charge in [-0.25, -0.2) is 4.98 Å². The lowest BCUT2D eigenvalue weighted by molar-refractivity contribution is 0.0928. The molecule has 112 valence electrons. The molecule has 2 rings (SSSR count). The van der Waals surface area contributed by atoms with Gasteiger partial charge in [-0.1, -0.05) is 13.8 Å². The van der Waals surface area contributed by atoms with Crippen LogP contribution in [0.5, 0.6) is 0 Å². The van der Waals surface area contributed by atoms with Gasteiger partial charge in [0.25, 0.3) is 5.91 Å². The Balaban J connectivity index is 2.04. The van der Waals surface area contributed by atoms with Crippen LogP contribution in [0.4, 0.5) is 0 Å². The van der Waals surface area contributed by atoms with Crippen molar-refractivity contribution in [2.45, 2.75) is 59.0 Å². The predicted molar refractivity (Wildman–Crippen MR) is 83.3 cm³/mol. The number of nitrogens with zero attached hydrogens (tertiary/aromatic N) is 1. The maximum absolute atomic E-state index is 12.5. The number of hydrogen-bond acceptors (Lipinski definition) is 4. The molecule has 2 atom stereocenters. The molecule has 0 aliphatic carbocycles. The predicted octanol–water partition coefficient (Wildman–Crippen LogP) is 2.52. The average molecular weight is 295 g/mol. The molecule has 0 spiro atoms. The van der Waals surface area contributed by atoms with E-state index in [1.54, 1.807) is 0 Å². The summed E-state index contributed by atoms with van der Waals surface area (Å²) in [5, 5.41) is 7.57. The molecule has 1 amide bonds. The van der Waals surface area contributed by atoms with E-state index in [4.69, 9.17) is 0 Å². The molecule has 4 nitrogen and oxygen atoms in total. The molecule has 0 aromatic carbocycles. The number of rotatable bonds is 4. The molecule has 1 aliphatic heterocycles. The topological polar surface area (TPSA) is 54.0 Å². The number of carbonyl (C=O) groups excluding carboxylic acids is 1. The Bertz CT molecular complexity index is 470. The summed E-state index contributed by atoms with van der Waals surface area (Å²) in [4.78, 5) is 17.8. The molecule has 1 aromatic heterocycles. The van der Waals surface area contributed by atoms with Gasteiger partial charge in [-0.2, -0.15) is 0 Å². The van der Waals surface area contributed by atoms with Gasteiger partial charge < -0.3 is 10.6 Å². The Morgan fingerprint density at radius 2 is 2.30 bits per heavy atom. The van der Waals surface area contributed by atoms with Crippen LogP contribution in [-0.2, 0) is 6.42 Å². The molecule has 1 aliphatic rings. The lowest BCUT2D eigenvalue weighted by atomic mass is 10.0. The highest BCUT2D eigenvalue weighted by Gasteiger charge is 2.23. The smallest absolute Gasteiger partial charge is 0.263 e. The summed E-state index contributed by atoms with van der Waals surface area (Å²) in [7, 11) is 0. The van der Waals surface area contributed by atoms with Gasteiger partial charge >= 0.3 is 0 Å². The number of carbonyl (C=O) groups is 1. The number of hydrogen-bond donors (Lipinski definition) is 2. The quantitative estimate of drug-likeness (QED) is 0.897. The van der Waals surface area contributed by atoms with Gasteiger partial charge in [0.05, 0.1) is 10.7 Å². The molecule has 2 heterocycles. The third-order valence-corrected chi connectivity index (χ3v) is 4.58. The third-order valence-electron chi connectivity index (χ3n) is 3.57. The molecular weight excluding hydrogens is 270 g/mol. The van der Waals surface area contributed by atoms with Crippen molar-refractivity contribution in [3.8, 4) is 0 Å². The van der Waals surface area contributed by atoms with Gasteiger partial charge in [0.1, 0.15) is 4.88 Å². The molecule has 0 radical (unpaired) electrons. The molecule has 1 aromatic rings. The Labute approximate surface area is 125 Å². The van der Waals surface area contributed by atoms with Gasteiger partial charge in [-0.05, 0) is 45.6 Å². The SMILES string of the molecule is Cc1nc(CC(C)C)c(C(=O)NC2CCNC(C)C2)s1. The maximum atomic E-state index is 12.5. The second-order valence-corrected chi connectivity index (χ2v) is 7.36. The van der Waals surface area contributed by atoms with Gasteiger partial charge in [0.15, 0.2) is 0 Å². The van der Waals surface area contributed by atoms with Crippen LogP contribution in [0.3, 0.4) is 0 Å². The fourth-order valence-corrected chi connectivity index (χ4v) is 3.54. The van der Waals surface area contributed by atoms with Crippen LogP contribution in [0.25, 0.3) is 0 Å². The standard InChI is InChI=1S/C15H25N3OS/c1-9(2)7-13-14(20-11(4)17-13)15(19)18-12-5-6-16-10(3)8-12/h9-10,12,16H,5-8H2,1-4H3,(H,18,19). The van der Waals surface area contributed by atoms with Crippen LogP contribution in [0.2, 0.25) is 0 Å². The zero-order valence-electron chi connectivity index (χ0n) is 12.8. The van der Waals surface area contributed by atoms with Crippen molar-refractivity contribution < 1.29 is 4.79 Å². The van der Waals surface area contributed by atoms with Crippen molar-refractivity contribution in [1.29, 1.82) is 0 Å². The van der Waals surface area contributed by atoms with E-state index < -0.39 is 0 Å². The normalized spacial score (nSPS) is 23.1. The molecule has 0 bridgehead atoms. The maximum Gasteiger partial charge on any atom is 0.263 e. The van der Waals surface area contributed by atoms with E-state index >= 15 is 0 Å². The number of piperidine rings is 1. The van der Waals surface area contributed by atoms with Crippen molar-refractivity contribution in [3.63, 3.8) is 0 Å². The molecular formula is C15H25N3OS. The van der Waals surface area contributed by atoms with Crippen LogP contribution >= 0.6 is 11.3 Å². The van der Waals surface area contributed by atoms with Gasteiger partial charge in [-0.15, -0.1) is 11.3 Å². The molecule has 0 saturated carbocycles. The van der Waals surface area contributed by atoms with E-state index in [0.29, 0.717) is 12.0 Å². The number of amides is 1. The highest BCUT2D eigenvalue weighted by Crippen LogP contribution is 2.21. The minimum absolute atomic E-state index is 0.0605. The summed E-state index contributed by atoms with van der Waals surface area (Å²) in [6.07, 6.45) is 2.88. The lowest BCUT2D eigenvalue weighted by Gasteiger charge is -2.28. The fraction of sp³-hybridized carbons (Fsp3) is 0.733. The van der Waals surface area contributed by atoms with E-state index in [9.17, 15) is 4.79 Å². The first-order chi connectivity index (χ1) is 9.45. The number of thiazole rings is 1. The Kier molecular flexibility index (Phi) is 5.16. The summed E-state index contributed by atoms with van der Waals surface area (Å²) in [6, 6.07) is 0.764. The Hall–Kier alpha value is -0.940. The number of aryl methyl sites for hydroxylation is 1. The summed E-state index contributed by atoms with van der Waals surface area (Å²) >= 11 is 1.52. The van der Waals surface area contributed by atoms with E-state index in [0.717, 1.165) is 41.4 Å². The Morgan fingerprint density at radius 3 is 2.95 bits per heavy atom. The molecule has 1 fully saturated rings. The van der Waals surface area contributed by atoms with E-state index in [1.807, 2.05) is 6.92 Å². The van der Waals surface area contributed by atoms with Crippen LogP contribution in [0.15, 0.2) is 0 Å². The largest absolute Gasteiger partial charge is 0.348 e. The van der Waals surface area contributed by atoms with Crippen molar-refractivity contribution in [2.75, 3.05) is 6.54 Å². The molecule has 5 heteroatoms. The highest BCUT2D eigenvalue weighted by atomic mass is 32.1. The minimum Gasteiger partial charge on any atom is -0.348 e. The monoisotopic (exact) mass is 295 g/mol. The first-order valence-electron chi connectivity index (χ1n) is 7.46. The van der Waals surface area contributed by atoms with E-state index in [1.165, 1.54) is 11.3 Å². The first-order valence-corrected chi connectivity index (χ1v) is 8.28. The summed E-state index contributed by atoms with van der Waals surface area (Å²) < 4.78 is 0. The minimum atomic E-state index is 0.0605. The lowest BCUT2D eigenvalue weighted by Crippen LogP contribution is -2.46. The second-order valence-electron chi connectivity index (χ2n) is 6.16. The number of aromatic nitrogens is 1. The van der Waals surface area contributed by atoms with Gasteiger partial charge in [-0.3, -0.25) is 4.79 Å². The number of nitrogens with one attached hydrogen (secondary N) is 2. The zero-order valence-corrected chi connectivity index (χ0v) is 13.6. The van der Waals surface area contributed by atoms with Crippen LogP contribution in [-0.4, -0.2) is 29.5 Å². The van der Waals surface area contributed by atoms with Crippen LogP contribution in [0.1, 0.15) is 54.0 Å². The third kappa shape index (κ3) is 4.03. The molecule has 2 unspecified atom stereocenters. The first kappa shape index (κ1) is 15.4. The van der Waals surface area contributed by atoms with Crippen LogP contribution < -0.4 is 10.6 Å². The molecule has 20 heavy (non-hydrogen) atoms. The second kappa shape index (κ2) is 6.68.